The summed E-state index contributed by atoms with van der Waals surface area (Å²) in [6.07, 6.45) is 0. The van der Waals surface area contributed by atoms with Crippen LogP contribution in [0.5, 0.6) is 0 Å². The van der Waals surface area contributed by atoms with E-state index < -0.39 is 0 Å². The van der Waals surface area contributed by atoms with Crippen molar-refractivity contribution < 1.29 is 0 Å². The molecule has 0 saturated carbocycles. The Morgan fingerprint density at radius 2 is 0.875 bits per heavy atom. The van der Waals surface area contributed by atoms with Gasteiger partial charge in [-0.1, -0.05) is 36.4 Å². The fourth-order valence-corrected chi connectivity index (χ4v) is 2.83. The molecule has 0 spiro atoms. The number of hydrogen-bond acceptors (Lipinski definition) is 4. The minimum atomic E-state index is 0.748. The summed E-state index contributed by atoms with van der Waals surface area (Å²) in [5.74, 6) is 0. The highest BCUT2D eigenvalue weighted by molar-refractivity contribution is 6.05. The molecule has 0 aliphatic carbocycles. The molecule has 0 unspecified atom stereocenters. The van der Waals surface area contributed by atoms with Gasteiger partial charge in [0.05, 0.1) is 22.8 Å². The van der Waals surface area contributed by atoms with Crippen molar-refractivity contribution in [2.75, 3.05) is 22.1 Å². The number of benzene rings is 3. The second-order valence-electron chi connectivity index (χ2n) is 5.79. The van der Waals surface area contributed by atoms with Gasteiger partial charge < -0.3 is 22.1 Å². The summed E-state index contributed by atoms with van der Waals surface area (Å²) in [4.78, 5) is 0. The van der Waals surface area contributed by atoms with Crippen molar-refractivity contribution in [2.24, 2.45) is 0 Å². The van der Waals surface area contributed by atoms with Crippen LogP contribution in [0.4, 0.5) is 22.7 Å². The van der Waals surface area contributed by atoms with Crippen molar-refractivity contribution in [1.82, 2.24) is 0 Å². The molecule has 3 aromatic carbocycles. The van der Waals surface area contributed by atoms with Crippen molar-refractivity contribution in [3.05, 3.63) is 83.9 Å². The standard InChI is InChI=1S/C20H18N4/c21-15-9-5-13(6-10-15)19-20(14-7-11-16(22)12-8-14)24-18-4-2-1-3-17(18)23-19/h1-12,23-24H,21-22H2. The minimum Gasteiger partial charge on any atom is -0.399 e. The summed E-state index contributed by atoms with van der Waals surface area (Å²) >= 11 is 0. The zero-order valence-electron chi connectivity index (χ0n) is 13.1. The molecule has 0 saturated heterocycles. The maximum Gasteiger partial charge on any atom is 0.0703 e. The molecule has 0 amide bonds. The molecule has 3 aromatic rings. The van der Waals surface area contributed by atoms with Crippen LogP contribution < -0.4 is 22.1 Å². The monoisotopic (exact) mass is 314 g/mol. The molecular weight excluding hydrogens is 296 g/mol. The van der Waals surface area contributed by atoms with Crippen LogP contribution in [0.25, 0.3) is 11.4 Å². The van der Waals surface area contributed by atoms with Gasteiger partial charge >= 0.3 is 0 Å². The summed E-state index contributed by atoms with van der Waals surface area (Å²) < 4.78 is 0. The van der Waals surface area contributed by atoms with Crippen LogP contribution in [0, 0.1) is 0 Å². The van der Waals surface area contributed by atoms with Gasteiger partial charge in [-0.2, -0.15) is 0 Å². The van der Waals surface area contributed by atoms with Crippen molar-refractivity contribution in [3.63, 3.8) is 0 Å². The normalized spacial score (nSPS) is 13.0. The molecule has 0 radical (unpaired) electrons. The second-order valence-corrected chi connectivity index (χ2v) is 5.79. The highest BCUT2D eigenvalue weighted by Crippen LogP contribution is 2.37. The summed E-state index contributed by atoms with van der Waals surface area (Å²) in [7, 11) is 0. The average Bonchev–Trinajstić information content (AvgIpc) is 2.62. The molecule has 0 bridgehead atoms. The molecule has 1 aliphatic rings. The third-order valence-electron chi connectivity index (χ3n) is 4.10. The van der Waals surface area contributed by atoms with Gasteiger partial charge in [-0.25, -0.2) is 0 Å². The van der Waals surface area contributed by atoms with Crippen molar-refractivity contribution in [3.8, 4) is 0 Å². The fourth-order valence-electron chi connectivity index (χ4n) is 2.83. The SMILES string of the molecule is Nc1ccc(C2=C(c3ccc(N)cc3)Nc3ccccc3N2)cc1. The summed E-state index contributed by atoms with van der Waals surface area (Å²) in [6, 6.07) is 23.8. The molecule has 118 valence electrons. The lowest BCUT2D eigenvalue weighted by Crippen LogP contribution is -2.15. The van der Waals surface area contributed by atoms with Gasteiger partial charge in [-0.15, -0.1) is 0 Å². The summed E-state index contributed by atoms with van der Waals surface area (Å²) in [6.45, 7) is 0. The first-order valence-corrected chi connectivity index (χ1v) is 7.80. The van der Waals surface area contributed by atoms with Crippen LogP contribution in [0.2, 0.25) is 0 Å². The van der Waals surface area contributed by atoms with Gasteiger partial charge in [0.2, 0.25) is 0 Å². The number of anilines is 4. The smallest absolute Gasteiger partial charge is 0.0703 e. The molecule has 0 aromatic heterocycles. The topological polar surface area (TPSA) is 76.1 Å². The van der Waals surface area contributed by atoms with E-state index >= 15 is 0 Å². The molecule has 0 atom stereocenters. The number of nitrogen functional groups attached to an aromatic ring is 2. The van der Waals surface area contributed by atoms with Crippen LogP contribution >= 0.6 is 0 Å². The first-order chi connectivity index (χ1) is 11.7. The predicted octanol–water partition coefficient (Wildman–Crippen LogP) is 4.21. The maximum atomic E-state index is 5.83. The molecular formula is C20H18N4. The van der Waals surface area contributed by atoms with Gasteiger partial charge in [0.1, 0.15) is 0 Å². The zero-order valence-corrected chi connectivity index (χ0v) is 13.1. The summed E-state index contributed by atoms with van der Waals surface area (Å²) in [5.41, 5.74) is 19.4. The van der Waals surface area contributed by atoms with Gasteiger partial charge in [-0.05, 0) is 36.4 Å². The second kappa shape index (κ2) is 5.66. The first kappa shape index (κ1) is 14.2. The Kier molecular flexibility index (Phi) is 3.35. The third kappa shape index (κ3) is 2.54. The molecule has 1 heterocycles. The molecule has 24 heavy (non-hydrogen) atoms. The van der Waals surface area contributed by atoms with Gasteiger partial charge in [0.25, 0.3) is 0 Å². The zero-order chi connectivity index (χ0) is 16.5. The fraction of sp³-hybridized carbons (Fsp3) is 0. The number of rotatable bonds is 2. The van der Waals surface area contributed by atoms with Crippen LogP contribution in [-0.2, 0) is 0 Å². The number of nitrogens with two attached hydrogens (primary N) is 2. The van der Waals surface area contributed by atoms with E-state index in [9.17, 15) is 0 Å². The number of hydrogen-bond donors (Lipinski definition) is 4. The minimum absolute atomic E-state index is 0.748. The van der Waals surface area contributed by atoms with Gasteiger partial charge in [0, 0.05) is 22.5 Å². The Bertz CT molecular complexity index is 833. The van der Waals surface area contributed by atoms with E-state index in [1.54, 1.807) is 0 Å². The Hall–Kier alpha value is -3.40. The molecule has 4 nitrogen and oxygen atoms in total. The number of fused-ring (bicyclic) bond motifs is 1. The van der Waals surface area contributed by atoms with E-state index in [4.69, 9.17) is 11.5 Å². The molecule has 0 fully saturated rings. The third-order valence-corrected chi connectivity index (χ3v) is 4.10. The quantitative estimate of drug-likeness (QED) is 0.534. The van der Waals surface area contributed by atoms with Gasteiger partial charge in [-0.3, -0.25) is 0 Å². The molecule has 6 N–H and O–H groups in total. The van der Waals surface area contributed by atoms with E-state index in [2.05, 4.69) is 22.8 Å². The lowest BCUT2D eigenvalue weighted by Gasteiger charge is -2.27. The number of nitrogens with one attached hydrogen (secondary N) is 2. The van der Waals surface area contributed by atoms with E-state index in [-0.39, 0.29) is 0 Å². The Morgan fingerprint density at radius 3 is 1.25 bits per heavy atom. The number of para-hydroxylation sites is 2. The van der Waals surface area contributed by atoms with Crippen LogP contribution in [0.15, 0.2) is 72.8 Å². The molecule has 1 aliphatic heterocycles. The highest BCUT2D eigenvalue weighted by Gasteiger charge is 2.19. The predicted molar refractivity (Wildman–Crippen MR) is 102 cm³/mol. The van der Waals surface area contributed by atoms with Gasteiger partial charge in [0.15, 0.2) is 0 Å². The maximum absolute atomic E-state index is 5.83. The van der Waals surface area contributed by atoms with E-state index in [1.807, 2.05) is 60.7 Å². The Balaban J connectivity index is 1.87. The Morgan fingerprint density at radius 1 is 0.500 bits per heavy atom. The van der Waals surface area contributed by atoms with E-state index in [1.165, 1.54) is 0 Å². The lowest BCUT2D eigenvalue weighted by molar-refractivity contribution is 1.44. The molecule has 4 heteroatoms. The largest absolute Gasteiger partial charge is 0.399 e. The van der Waals surface area contributed by atoms with Crippen molar-refractivity contribution in [2.45, 2.75) is 0 Å². The summed E-state index contributed by atoms with van der Waals surface area (Å²) in [5, 5.41) is 7.08. The van der Waals surface area contributed by atoms with E-state index in [0.717, 1.165) is 45.3 Å². The van der Waals surface area contributed by atoms with Crippen LogP contribution in [-0.4, -0.2) is 0 Å². The molecule has 4 rings (SSSR count). The van der Waals surface area contributed by atoms with Crippen molar-refractivity contribution >= 4 is 34.1 Å². The highest BCUT2D eigenvalue weighted by atomic mass is 15.0. The Labute approximate surface area is 140 Å². The average molecular weight is 314 g/mol. The van der Waals surface area contributed by atoms with Crippen LogP contribution in [0.1, 0.15) is 11.1 Å². The van der Waals surface area contributed by atoms with Crippen molar-refractivity contribution in [1.29, 1.82) is 0 Å². The van der Waals surface area contributed by atoms with E-state index in [0.29, 0.717) is 0 Å². The van der Waals surface area contributed by atoms with Crippen LogP contribution in [0.3, 0.4) is 0 Å². The first-order valence-electron chi connectivity index (χ1n) is 7.80. The lowest BCUT2D eigenvalue weighted by atomic mass is 10.0.